The summed E-state index contributed by atoms with van der Waals surface area (Å²) < 4.78 is 0. The van der Waals surface area contributed by atoms with E-state index >= 15 is 0 Å². The van der Waals surface area contributed by atoms with Crippen LogP contribution in [-0.4, -0.2) is 0 Å². The SMILES string of the molecule is Cc1cc(Cl)c(C(Br)c2cscc2C)cc1C. The normalized spacial score (nSPS) is 12.8. The van der Waals surface area contributed by atoms with E-state index in [-0.39, 0.29) is 4.83 Å². The summed E-state index contributed by atoms with van der Waals surface area (Å²) in [7, 11) is 0. The van der Waals surface area contributed by atoms with Crippen LogP contribution >= 0.6 is 38.9 Å². The molecule has 0 N–H and O–H groups in total. The van der Waals surface area contributed by atoms with Crippen molar-refractivity contribution >= 4 is 38.9 Å². The van der Waals surface area contributed by atoms with E-state index in [1.807, 2.05) is 6.07 Å². The molecule has 0 spiro atoms. The number of hydrogen-bond acceptors (Lipinski definition) is 1. The van der Waals surface area contributed by atoms with Gasteiger partial charge >= 0.3 is 0 Å². The number of hydrogen-bond donors (Lipinski definition) is 0. The third-order valence-electron chi connectivity index (χ3n) is 3.05. The molecule has 1 unspecified atom stereocenters. The first-order chi connectivity index (χ1) is 8.00. The maximum atomic E-state index is 6.34. The minimum Gasteiger partial charge on any atom is -0.152 e. The predicted molar refractivity (Wildman–Crippen MR) is 80.8 cm³/mol. The van der Waals surface area contributed by atoms with Gasteiger partial charge in [0, 0.05) is 5.02 Å². The molecule has 0 saturated heterocycles. The summed E-state index contributed by atoms with van der Waals surface area (Å²) in [5.74, 6) is 0. The monoisotopic (exact) mass is 328 g/mol. The average molecular weight is 330 g/mol. The number of aryl methyl sites for hydroxylation is 3. The van der Waals surface area contributed by atoms with Crippen LogP contribution in [0.1, 0.15) is 32.6 Å². The molecule has 1 aromatic carbocycles. The average Bonchev–Trinajstić information content (AvgIpc) is 2.69. The van der Waals surface area contributed by atoms with Gasteiger partial charge in [0.2, 0.25) is 0 Å². The molecule has 2 rings (SSSR count). The van der Waals surface area contributed by atoms with E-state index in [9.17, 15) is 0 Å². The predicted octanol–water partition coefficient (Wildman–Crippen LogP) is 5.81. The molecule has 17 heavy (non-hydrogen) atoms. The van der Waals surface area contributed by atoms with Crippen LogP contribution in [0, 0.1) is 20.8 Å². The molecule has 1 aromatic heterocycles. The summed E-state index contributed by atoms with van der Waals surface area (Å²) in [6.07, 6.45) is 0. The lowest BCUT2D eigenvalue weighted by atomic mass is 10.00. The van der Waals surface area contributed by atoms with Crippen LogP contribution in [0.25, 0.3) is 0 Å². The second-order valence-corrected chi connectivity index (χ2v) is 6.40. The first kappa shape index (κ1) is 13.1. The van der Waals surface area contributed by atoms with Crippen LogP contribution in [0.5, 0.6) is 0 Å². The molecular weight excluding hydrogens is 316 g/mol. The summed E-state index contributed by atoms with van der Waals surface area (Å²) in [5.41, 5.74) is 6.28. The van der Waals surface area contributed by atoms with Crippen LogP contribution in [0.15, 0.2) is 22.9 Å². The van der Waals surface area contributed by atoms with Crippen LogP contribution in [0.4, 0.5) is 0 Å². The van der Waals surface area contributed by atoms with Crippen molar-refractivity contribution in [2.45, 2.75) is 25.6 Å². The van der Waals surface area contributed by atoms with Crippen molar-refractivity contribution in [3.05, 3.63) is 55.7 Å². The fraction of sp³-hybridized carbons (Fsp3) is 0.286. The standard InChI is InChI=1S/C14H14BrClS/c1-8-4-11(13(16)5-9(8)2)14(15)12-7-17-6-10(12)3/h4-7,14H,1-3H3. The van der Waals surface area contributed by atoms with Crippen LogP contribution in [0.2, 0.25) is 5.02 Å². The highest BCUT2D eigenvalue weighted by Crippen LogP contribution is 2.38. The largest absolute Gasteiger partial charge is 0.152 e. The Bertz CT molecular complexity index is 545. The summed E-state index contributed by atoms with van der Waals surface area (Å²) in [6, 6.07) is 4.22. The summed E-state index contributed by atoms with van der Waals surface area (Å²) in [6.45, 7) is 6.34. The van der Waals surface area contributed by atoms with Crippen molar-refractivity contribution < 1.29 is 0 Å². The lowest BCUT2D eigenvalue weighted by molar-refractivity contribution is 1.15. The number of rotatable bonds is 2. The zero-order valence-corrected chi connectivity index (χ0v) is 13.2. The molecule has 0 nitrogen and oxygen atoms in total. The molecule has 3 heteroatoms. The fourth-order valence-corrected chi connectivity index (χ4v) is 4.18. The molecule has 0 fully saturated rings. The Kier molecular flexibility index (Phi) is 3.96. The molecule has 1 heterocycles. The van der Waals surface area contributed by atoms with Gasteiger partial charge in [-0.25, -0.2) is 0 Å². The Hall–Kier alpha value is -0.310. The molecule has 0 saturated carbocycles. The summed E-state index contributed by atoms with van der Waals surface area (Å²) in [5, 5.41) is 5.18. The molecule has 0 aliphatic carbocycles. The van der Waals surface area contributed by atoms with E-state index in [2.05, 4.69) is 53.5 Å². The van der Waals surface area contributed by atoms with Gasteiger partial charge in [-0.1, -0.05) is 33.6 Å². The van der Waals surface area contributed by atoms with E-state index in [1.54, 1.807) is 11.3 Å². The molecule has 0 aliphatic rings. The lowest BCUT2D eigenvalue weighted by Gasteiger charge is -2.14. The third-order valence-corrected chi connectivity index (χ3v) is 5.25. The Morgan fingerprint density at radius 2 is 1.65 bits per heavy atom. The molecule has 0 aliphatic heterocycles. The van der Waals surface area contributed by atoms with Crippen molar-refractivity contribution in [2.24, 2.45) is 0 Å². The smallest absolute Gasteiger partial charge is 0.0669 e. The number of alkyl halides is 1. The van der Waals surface area contributed by atoms with Gasteiger partial charge in [0.05, 0.1) is 4.83 Å². The van der Waals surface area contributed by atoms with Crippen molar-refractivity contribution in [1.82, 2.24) is 0 Å². The van der Waals surface area contributed by atoms with Crippen molar-refractivity contribution in [1.29, 1.82) is 0 Å². The number of benzene rings is 1. The molecule has 1 atom stereocenters. The summed E-state index contributed by atoms with van der Waals surface area (Å²) >= 11 is 11.8. The molecule has 90 valence electrons. The van der Waals surface area contributed by atoms with Crippen LogP contribution in [-0.2, 0) is 0 Å². The van der Waals surface area contributed by atoms with Gasteiger partial charge < -0.3 is 0 Å². The van der Waals surface area contributed by atoms with Gasteiger partial charge in [-0.15, -0.1) is 0 Å². The highest BCUT2D eigenvalue weighted by atomic mass is 79.9. The maximum Gasteiger partial charge on any atom is 0.0669 e. The Labute approximate surface area is 120 Å². The van der Waals surface area contributed by atoms with Gasteiger partial charge in [-0.2, -0.15) is 11.3 Å². The molecule has 0 radical (unpaired) electrons. The number of thiophene rings is 1. The highest BCUT2D eigenvalue weighted by Gasteiger charge is 2.17. The van der Waals surface area contributed by atoms with Crippen molar-refractivity contribution in [3.8, 4) is 0 Å². The zero-order chi connectivity index (χ0) is 12.6. The second-order valence-electron chi connectivity index (χ2n) is 4.33. The van der Waals surface area contributed by atoms with Gasteiger partial charge in [-0.05, 0) is 65.4 Å². The van der Waals surface area contributed by atoms with E-state index < -0.39 is 0 Å². The van der Waals surface area contributed by atoms with E-state index in [4.69, 9.17) is 11.6 Å². The number of halogens is 2. The van der Waals surface area contributed by atoms with Crippen LogP contribution < -0.4 is 0 Å². The third kappa shape index (κ3) is 2.59. The van der Waals surface area contributed by atoms with Gasteiger partial charge in [0.1, 0.15) is 0 Å². The minimum atomic E-state index is 0.181. The maximum absolute atomic E-state index is 6.34. The van der Waals surface area contributed by atoms with Gasteiger partial charge in [0.15, 0.2) is 0 Å². The van der Waals surface area contributed by atoms with Gasteiger partial charge in [-0.3, -0.25) is 0 Å². The Morgan fingerprint density at radius 1 is 1.00 bits per heavy atom. The molecular formula is C14H14BrClS. The quantitative estimate of drug-likeness (QED) is 0.610. The highest BCUT2D eigenvalue weighted by molar-refractivity contribution is 9.09. The van der Waals surface area contributed by atoms with Gasteiger partial charge in [0.25, 0.3) is 0 Å². The Morgan fingerprint density at radius 3 is 2.24 bits per heavy atom. The first-order valence-corrected chi connectivity index (χ1v) is 7.67. The topological polar surface area (TPSA) is 0 Å². The van der Waals surface area contributed by atoms with Crippen molar-refractivity contribution in [3.63, 3.8) is 0 Å². The Balaban J connectivity index is 2.48. The van der Waals surface area contributed by atoms with E-state index in [1.165, 1.54) is 22.3 Å². The fourth-order valence-electron chi connectivity index (χ4n) is 1.80. The molecule has 2 aromatic rings. The molecule has 0 bridgehead atoms. The summed E-state index contributed by atoms with van der Waals surface area (Å²) in [4.78, 5) is 0.181. The van der Waals surface area contributed by atoms with E-state index in [0.717, 1.165) is 10.6 Å². The molecule has 0 amide bonds. The zero-order valence-electron chi connectivity index (χ0n) is 10.1. The minimum absolute atomic E-state index is 0.181. The second kappa shape index (κ2) is 5.13. The van der Waals surface area contributed by atoms with E-state index in [0.29, 0.717) is 0 Å². The first-order valence-electron chi connectivity index (χ1n) is 5.44. The lowest BCUT2D eigenvalue weighted by Crippen LogP contribution is -1.96. The van der Waals surface area contributed by atoms with Crippen LogP contribution in [0.3, 0.4) is 0 Å². The van der Waals surface area contributed by atoms with Crippen molar-refractivity contribution in [2.75, 3.05) is 0 Å².